The lowest BCUT2D eigenvalue weighted by Gasteiger charge is -2.47. The minimum atomic E-state index is -12.2. The van der Waals surface area contributed by atoms with Crippen LogP contribution in [0.5, 0.6) is 0 Å². The van der Waals surface area contributed by atoms with Gasteiger partial charge in [0.25, 0.3) is 0 Å². The molecule has 0 fully saturated rings. The molecule has 0 saturated carbocycles. The highest BCUT2D eigenvalue weighted by molar-refractivity contribution is 7.60. The lowest BCUT2D eigenvalue weighted by Crippen LogP contribution is -2.80. The lowest BCUT2D eigenvalue weighted by molar-refractivity contribution is -0.488. The monoisotopic (exact) mass is 1500 g/mol. The smallest absolute Gasteiger partial charge is 0.336 e. The Morgan fingerprint density at radius 2 is 0.225 bits per heavy atom. The topological polar surface area (TPSA) is 37.3 Å². The van der Waals surface area contributed by atoms with E-state index in [9.17, 15) is 259 Å². The standard InChI is InChI=1S/C28HF58O2P/c29-1(23(71,72)73,24(74,75)76)3(31,32)5(35,36)7(39,40)9(43,44)11(47,48)13(51,52)15(55,56)17(59,60)19(63,64)21(67,68)27(83,84)89(87,88)28(85,86)22(69,70)20(65,66)18(61,62)16(57,58)14(53,54)12(49,50)10(45,46)8(41,42)6(37,38)4(33,34)2(30,25(77,78)79)26(80,81)82/h(H,87,88). The van der Waals surface area contributed by atoms with Gasteiger partial charge in [-0.3, -0.25) is 4.57 Å². The first-order chi connectivity index (χ1) is 37.0. The summed E-state index contributed by atoms with van der Waals surface area (Å²) in [6.45, 7) is 0. The second kappa shape index (κ2) is 20.1. The Balaban J connectivity index is 8.45. The van der Waals surface area contributed by atoms with Crippen molar-refractivity contribution in [3.63, 3.8) is 0 Å². The Bertz CT molecular complexity index is 2420. The normalized spacial score (nSPS) is 17.7. The van der Waals surface area contributed by atoms with Gasteiger partial charge in [-0.25, -0.2) is 8.78 Å². The second-order valence-electron chi connectivity index (χ2n) is 16.5. The summed E-state index contributed by atoms with van der Waals surface area (Å²) >= 11 is 0. The van der Waals surface area contributed by atoms with E-state index in [-0.39, 0.29) is 0 Å². The summed E-state index contributed by atoms with van der Waals surface area (Å²) in [6, 6.07) is 0. The Morgan fingerprint density at radius 1 is 0.146 bits per heavy atom. The summed E-state index contributed by atoms with van der Waals surface area (Å²) in [4.78, 5) is 8.54. The van der Waals surface area contributed by atoms with E-state index >= 15 is 0 Å². The third kappa shape index (κ3) is 9.22. The fraction of sp³-hybridized carbons (Fsp3) is 1.00. The van der Waals surface area contributed by atoms with Gasteiger partial charge in [-0.05, 0) is 0 Å². The van der Waals surface area contributed by atoms with Crippen LogP contribution in [0.1, 0.15) is 0 Å². The van der Waals surface area contributed by atoms with Gasteiger partial charge in [0.2, 0.25) is 0 Å². The molecule has 0 aliphatic heterocycles. The van der Waals surface area contributed by atoms with Crippen LogP contribution in [-0.2, 0) is 4.57 Å². The van der Waals surface area contributed by atoms with E-state index in [2.05, 4.69) is 0 Å². The molecule has 0 rings (SSSR count). The van der Waals surface area contributed by atoms with E-state index in [1.807, 2.05) is 0 Å². The third-order valence-electron chi connectivity index (χ3n) is 11.0. The SMILES string of the molecule is O=P(O)(C(F)(F)C(F)(F)C(F)(F)C(F)(F)C(F)(F)C(F)(F)C(F)(F)C(F)(F)C(F)(F)C(F)(F)C(F)(F)C(F)(C(F)(F)F)C(F)(F)F)C(F)(F)C(F)(F)C(F)(F)C(F)(F)C(F)(F)C(F)(F)C(F)(F)C(F)(F)C(F)(F)C(F)(F)C(F)(F)C(F)(C(F)(F)F)C(F)(F)F. The van der Waals surface area contributed by atoms with E-state index in [0.717, 1.165) is 0 Å². The molecule has 0 aliphatic carbocycles. The van der Waals surface area contributed by atoms with Crippen LogP contribution < -0.4 is 0 Å². The first-order valence-corrected chi connectivity index (χ1v) is 20.0. The number of hydrogen-bond donors (Lipinski definition) is 1. The van der Waals surface area contributed by atoms with E-state index in [1.54, 1.807) is 0 Å². The van der Waals surface area contributed by atoms with Gasteiger partial charge in [-0.15, -0.1) is 0 Å². The summed E-state index contributed by atoms with van der Waals surface area (Å²) in [6.07, 6.45) is -36.8. The van der Waals surface area contributed by atoms with Crippen molar-refractivity contribution in [3.05, 3.63) is 0 Å². The summed E-state index contributed by atoms with van der Waals surface area (Å²) < 4.78 is 810. The molecule has 0 unspecified atom stereocenters. The number of alkyl halides is 58. The first-order valence-electron chi connectivity index (χ1n) is 18.3. The predicted molar refractivity (Wildman–Crippen MR) is 151 cm³/mol. The van der Waals surface area contributed by atoms with Gasteiger partial charge >= 0.3 is 173 Å². The first kappa shape index (κ1) is 85.1. The third-order valence-corrected chi connectivity index (χ3v) is 13.1. The van der Waals surface area contributed by atoms with Crippen LogP contribution in [0, 0.1) is 0 Å². The Kier molecular flexibility index (Phi) is 19.2. The Hall–Kier alpha value is -3.87. The van der Waals surface area contributed by atoms with E-state index in [4.69, 9.17) is 4.89 Å². The lowest BCUT2D eigenvalue weighted by atomic mass is 9.82. The molecule has 0 atom stereocenters. The highest BCUT2D eigenvalue weighted by Crippen LogP contribution is 2.81. The minimum absolute atomic E-state index is 8.54. The van der Waals surface area contributed by atoms with E-state index < -0.39 is 173 Å². The molecule has 0 aromatic rings. The van der Waals surface area contributed by atoms with Crippen LogP contribution in [-0.4, -0.2) is 171 Å². The van der Waals surface area contributed by atoms with E-state index in [0.29, 0.717) is 0 Å². The molecule has 0 aromatic carbocycles. The van der Waals surface area contributed by atoms with Crippen molar-refractivity contribution < 1.29 is 264 Å². The zero-order valence-electron chi connectivity index (χ0n) is 37.2. The molecule has 0 heterocycles. The van der Waals surface area contributed by atoms with Gasteiger partial charge in [0, 0.05) is 0 Å². The molecule has 0 aliphatic rings. The van der Waals surface area contributed by atoms with Gasteiger partial charge in [0.15, 0.2) is 0 Å². The number of hydrogen-bond acceptors (Lipinski definition) is 1. The Morgan fingerprint density at radius 3 is 0.315 bits per heavy atom. The fourth-order valence-corrected chi connectivity index (χ4v) is 6.95. The molecule has 89 heavy (non-hydrogen) atoms. The van der Waals surface area contributed by atoms with E-state index in [1.165, 1.54) is 0 Å². The van der Waals surface area contributed by atoms with Crippen molar-refractivity contribution in [1.29, 1.82) is 0 Å². The zero-order chi connectivity index (χ0) is 74.5. The maximum Gasteiger partial charge on any atom is 0.438 e. The quantitative estimate of drug-likeness (QED) is 0.0772. The average molecular weight is 1500 g/mol. The molecular weight excluding hydrogens is 1500 g/mol. The van der Waals surface area contributed by atoms with Gasteiger partial charge < -0.3 is 4.89 Å². The van der Waals surface area contributed by atoms with Gasteiger partial charge in [0.05, 0.1) is 0 Å². The highest BCUT2D eigenvalue weighted by atomic mass is 31.2. The molecule has 2 nitrogen and oxygen atoms in total. The Labute approximate surface area is 438 Å². The molecule has 61 heteroatoms. The van der Waals surface area contributed by atoms with Crippen LogP contribution in [0.25, 0.3) is 0 Å². The molecule has 0 radical (unpaired) electrons. The van der Waals surface area contributed by atoms with Gasteiger partial charge in [-0.2, -0.15) is 246 Å². The van der Waals surface area contributed by atoms with Crippen molar-refractivity contribution in [2.75, 3.05) is 0 Å². The number of rotatable bonds is 24. The molecule has 1 N–H and O–H groups in total. The van der Waals surface area contributed by atoms with Crippen molar-refractivity contribution >= 4 is 7.37 Å². The fourth-order valence-electron chi connectivity index (χ4n) is 5.56. The second-order valence-corrected chi connectivity index (χ2v) is 18.7. The van der Waals surface area contributed by atoms with Crippen molar-refractivity contribution in [2.24, 2.45) is 0 Å². The van der Waals surface area contributed by atoms with Crippen molar-refractivity contribution in [1.82, 2.24) is 0 Å². The van der Waals surface area contributed by atoms with Crippen LogP contribution in [0.2, 0.25) is 0 Å². The summed E-state index contributed by atoms with van der Waals surface area (Å²) in [5.41, 5.74) is -41.1. The highest BCUT2D eigenvalue weighted by Gasteiger charge is 3.06. The van der Waals surface area contributed by atoms with Crippen molar-refractivity contribution in [2.45, 2.75) is 166 Å². The molecule has 0 aromatic heterocycles. The summed E-state index contributed by atoms with van der Waals surface area (Å²) in [5, 5.41) is 0. The van der Waals surface area contributed by atoms with Crippen LogP contribution in [0.15, 0.2) is 0 Å². The van der Waals surface area contributed by atoms with Crippen LogP contribution in [0.3, 0.4) is 0 Å². The molecule has 536 valence electrons. The molecule has 0 amide bonds. The summed E-state index contributed by atoms with van der Waals surface area (Å²) in [7, 11) is -12.2. The zero-order valence-corrected chi connectivity index (χ0v) is 38.1. The molecule has 0 spiro atoms. The molecule has 0 saturated heterocycles. The summed E-state index contributed by atoms with van der Waals surface area (Å²) in [5.74, 6) is -216. The predicted octanol–water partition coefficient (Wildman–Crippen LogP) is 18.8. The van der Waals surface area contributed by atoms with Gasteiger partial charge in [-0.1, -0.05) is 0 Å². The molecular formula is C28HF58O2P. The molecule has 0 bridgehead atoms. The van der Waals surface area contributed by atoms with Crippen LogP contribution in [0.4, 0.5) is 255 Å². The van der Waals surface area contributed by atoms with Crippen LogP contribution >= 0.6 is 7.37 Å². The maximum atomic E-state index is 14.4. The maximum absolute atomic E-state index is 14.4. The minimum Gasteiger partial charge on any atom is -0.336 e. The largest absolute Gasteiger partial charge is 0.438 e. The van der Waals surface area contributed by atoms with Crippen molar-refractivity contribution in [3.8, 4) is 0 Å². The number of halogens is 58. The average Bonchev–Trinajstić information content (AvgIpc) is 3.27. The van der Waals surface area contributed by atoms with Gasteiger partial charge in [0.1, 0.15) is 0 Å².